The SMILES string of the molecule is CCCc1cc(C(=O)O)cc(Nc2cnn(C)c2)n1. The van der Waals surface area contributed by atoms with E-state index in [1.807, 2.05) is 14.0 Å². The van der Waals surface area contributed by atoms with E-state index in [4.69, 9.17) is 5.11 Å². The van der Waals surface area contributed by atoms with Gasteiger partial charge in [0.1, 0.15) is 5.82 Å². The third-order valence-corrected chi connectivity index (χ3v) is 2.61. The fraction of sp³-hybridized carbons (Fsp3) is 0.308. The summed E-state index contributed by atoms with van der Waals surface area (Å²) in [6, 6.07) is 3.13. The summed E-state index contributed by atoms with van der Waals surface area (Å²) in [6.07, 6.45) is 5.13. The standard InChI is InChI=1S/C13H16N4O2/c1-3-4-10-5-9(13(18)19)6-12(15-10)16-11-7-14-17(2)8-11/h5-8H,3-4H2,1-2H3,(H,15,16)(H,18,19). The first-order valence-corrected chi connectivity index (χ1v) is 6.08. The first kappa shape index (κ1) is 13.1. The summed E-state index contributed by atoms with van der Waals surface area (Å²) in [5.41, 5.74) is 1.79. The molecule has 0 bridgehead atoms. The molecule has 0 aliphatic carbocycles. The maximum Gasteiger partial charge on any atom is 0.335 e. The number of aryl methyl sites for hydroxylation is 2. The molecule has 2 aromatic rings. The Morgan fingerprint density at radius 1 is 1.47 bits per heavy atom. The van der Waals surface area contributed by atoms with E-state index in [-0.39, 0.29) is 5.56 Å². The van der Waals surface area contributed by atoms with Crippen LogP contribution >= 0.6 is 0 Å². The lowest BCUT2D eigenvalue weighted by Gasteiger charge is -2.07. The largest absolute Gasteiger partial charge is 0.478 e. The van der Waals surface area contributed by atoms with Crippen molar-refractivity contribution in [3.8, 4) is 0 Å². The second-order valence-electron chi connectivity index (χ2n) is 4.32. The Labute approximate surface area is 111 Å². The molecule has 0 aliphatic heterocycles. The lowest BCUT2D eigenvalue weighted by Crippen LogP contribution is -2.03. The number of aromatic carboxylic acids is 1. The van der Waals surface area contributed by atoms with Gasteiger partial charge in [0.25, 0.3) is 0 Å². The number of carboxylic acids is 1. The van der Waals surface area contributed by atoms with Crippen LogP contribution in [-0.4, -0.2) is 25.8 Å². The summed E-state index contributed by atoms with van der Waals surface area (Å²) in [5.74, 6) is -0.426. The Balaban J connectivity index is 2.30. The maximum atomic E-state index is 11.1. The molecule has 2 aromatic heterocycles. The third-order valence-electron chi connectivity index (χ3n) is 2.61. The van der Waals surface area contributed by atoms with Gasteiger partial charge in [0.2, 0.25) is 0 Å². The number of hydrogen-bond donors (Lipinski definition) is 2. The van der Waals surface area contributed by atoms with Gasteiger partial charge in [0.15, 0.2) is 0 Å². The number of carbonyl (C=O) groups is 1. The lowest BCUT2D eigenvalue weighted by atomic mass is 10.1. The smallest absolute Gasteiger partial charge is 0.335 e. The highest BCUT2D eigenvalue weighted by atomic mass is 16.4. The Kier molecular flexibility index (Phi) is 3.79. The molecule has 0 unspecified atom stereocenters. The number of nitrogens with zero attached hydrogens (tertiary/aromatic N) is 3. The van der Waals surface area contributed by atoms with E-state index in [0.717, 1.165) is 24.2 Å². The van der Waals surface area contributed by atoms with E-state index < -0.39 is 5.97 Å². The molecule has 19 heavy (non-hydrogen) atoms. The molecule has 2 N–H and O–H groups in total. The fourth-order valence-electron chi connectivity index (χ4n) is 1.79. The van der Waals surface area contributed by atoms with Crippen LogP contribution in [0.1, 0.15) is 29.4 Å². The van der Waals surface area contributed by atoms with Crippen LogP contribution in [0.3, 0.4) is 0 Å². The molecule has 0 atom stereocenters. The minimum absolute atomic E-state index is 0.241. The quantitative estimate of drug-likeness (QED) is 0.861. The molecule has 0 aliphatic rings. The topological polar surface area (TPSA) is 80.0 Å². The molecule has 6 heteroatoms. The van der Waals surface area contributed by atoms with E-state index in [2.05, 4.69) is 15.4 Å². The minimum Gasteiger partial charge on any atom is -0.478 e. The van der Waals surface area contributed by atoms with E-state index in [1.165, 1.54) is 6.07 Å². The number of carboxylic acid groups (broad SMARTS) is 1. The number of hydrogen-bond acceptors (Lipinski definition) is 4. The molecule has 0 aromatic carbocycles. The Morgan fingerprint density at radius 3 is 2.84 bits per heavy atom. The normalized spacial score (nSPS) is 10.4. The summed E-state index contributed by atoms with van der Waals surface area (Å²) >= 11 is 0. The predicted octanol–water partition coefficient (Wildman–Crippen LogP) is 2.21. The van der Waals surface area contributed by atoms with Crippen LogP contribution in [0.15, 0.2) is 24.5 Å². The highest BCUT2D eigenvalue weighted by Crippen LogP contribution is 2.17. The molecule has 2 rings (SSSR count). The van der Waals surface area contributed by atoms with Crippen molar-refractivity contribution in [3.05, 3.63) is 35.8 Å². The van der Waals surface area contributed by atoms with Gasteiger partial charge in [-0.3, -0.25) is 4.68 Å². The van der Waals surface area contributed by atoms with Crippen LogP contribution in [0.2, 0.25) is 0 Å². The molecular weight excluding hydrogens is 244 g/mol. The zero-order chi connectivity index (χ0) is 13.8. The number of pyridine rings is 1. The molecular formula is C13H16N4O2. The zero-order valence-corrected chi connectivity index (χ0v) is 10.9. The van der Waals surface area contributed by atoms with Gasteiger partial charge in [-0.25, -0.2) is 9.78 Å². The van der Waals surface area contributed by atoms with Crippen LogP contribution in [0, 0.1) is 0 Å². The van der Waals surface area contributed by atoms with Crippen molar-refractivity contribution in [3.63, 3.8) is 0 Å². The highest BCUT2D eigenvalue weighted by Gasteiger charge is 2.09. The average Bonchev–Trinajstić information content (AvgIpc) is 2.75. The van der Waals surface area contributed by atoms with Crippen molar-refractivity contribution in [2.45, 2.75) is 19.8 Å². The van der Waals surface area contributed by atoms with Crippen LogP contribution in [0.5, 0.6) is 0 Å². The average molecular weight is 260 g/mol. The molecule has 6 nitrogen and oxygen atoms in total. The predicted molar refractivity (Wildman–Crippen MR) is 71.7 cm³/mol. The zero-order valence-electron chi connectivity index (χ0n) is 10.9. The Morgan fingerprint density at radius 2 is 2.26 bits per heavy atom. The van der Waals surface area contributed by atoms with Crippen LogP contribution in [0.25, 0.3) is 0 Å². The van der Waals surface area contributed by atoms with Crippen LogP contribution < -0.4 is 5.32 Å². The molecule has 100 valence electrons. The molecule has 2 heterocycles. The Bertz CT molecular complexity index is 592. The number of aromatic nitrogens is 3. The molecule has 0 radical (unpaired) electrons. The van der Waals surface area contributed by atoms with Crippen LogP contribution in [-0.2, 0) is 13.5 Å². The second kappa shape index (κ2) is 5.51. The lowest BCUT2D eigenvalue weighted by molar-refractivity contribution is 0.0696. The van der Waals surface area contributed by atoms with Crippen molar-refractivity contribution in [2.24, 2.45) is 7.05 Å². The molecule has 0 saturated carbocycles. The summed E-state index contributed by atoms with van der Waals surface area (Å²) < 4.78 is 1.66. The summed E-state index contributed by atoms with van der Waals surface area (Å²) in [5, 5.41) is 16.2. The first-order valence-electron chi connectivity index (χ1n) is 6.08. The van der Waals surface area contributed by atoms with Crippen molar-refractivity contribution in [1.29, 1.82) is 0 Å². The third kappa shape index (κ3) is 3.31. The molecule has 0 amide bonds. The van der Waals surface area contributed by atoms with Crippen molar-refractivity contribution < 1.29 is 9.90 Å². The van der Waals surface area contributed by atoms with Gasteiger partial charge >= 0.3 is 5.97 Å². The van der Waals surface area contributed by atoms with Crippen molar-refractivity contribution >= 4 is 17.5 Å². The van der Waals surface area contributed by atoms with Gasteiger partial charge in [0, 0.05) is 18.9 Å². The summed E-state index contributed by atoms with van der Waals surface area (Å²) in [6.45, 7) is 2.03. The van der Waals surface area contributed by atoms with E-state index in [0.29, 0.717) is 5.82 Å². The van der Waals surface area contributed by atoms with Gasteiger partial charge < -0.3 is 10.4 Å². The first-order chi connectivity index (χ1) is 9.08. The summed E-state index contributed by atoms with van der Waals surface area (Å²) in [4.78, 5) is 15.5. The van der Waals surface area contributed by atoms with E-state index in [9.17, 15) is 4.79 Å². The van der Waals surface area contributed by atoms with Gasteiger partial charge in [-0.2, -0.15) is 5.10 Å². The van der Waals surface area contributed by atoms with Crippen LogP contribution in [0.4, 0.5) is 11.5 Å². The van der Waals surface area contributed by atoms with Gasteiger partial charge in [-0.1, -0.05) is 13.3 Å². The second-order valence-corrected chi connectivity index (χ2v) is 4.32. The monoisotopic (exact) mass is 260 g/mol. The van der Waals surface area contributed by atoms with Crippen molar-refractivity contribution in [1.82, 2.24) is 14.8 Å². The number of rotatable bonds is 5. The molecule has 0 spiro atoms. The summed E-state index contributed by atoms with van der Waals surface area (Å²) in [7, 11) is 1.81. The Hall–Kier alpha value is -2.37. The van der Waals surface area contributed by atoms with Crippen molar-refractivity contribution in [2.75, 3.05) is 5.32 Å². The van der Waals surface area contributed by atoms with Gasteiger partial charge in [-0.05, 0) is 18.6 Å². The minimum atomic E-state index is -0.950. The van der Waals surface area contributed by atoms with E-state index in [1.54, 1.807) is 23.1 Å². The molecule has 0 fully saturated rings. The fourth-order valence-corrected chi connectivity index (χ4v) is 1.79. The van der Waals surface area contributed by atoms with Gasteiger partial charge in [0.05, 0.1) is 17.4 Å². The van der Waals surface area contributed by atoms with E-state index >= 15 is 0 Å². The van der Waals surface area contributed by atoms with Gasteiger partial charge in [-0.15, -0.1) is 0 Å². The molecule has 0 saturated heterocycles. The maximum absolute atomic E-state index is 11.1. The number of anilines is 2. The number of nitrogens with one attached hydrogen (secondary N) is 1. The highest BCUT2D eigenvalue weighted by molar-refractivity contribution is 5.88.